The molecule has 0 aromatic rings. The molecule has 0 heterocycles. The molecule has 0 radical (unpaired) electrons. The molecule has 0 saturated heterocycles. The van der Waals surface area contributed by atoms with E-state index in [0.29, 0.717) is 0 Å². The van der Waals surface area contributed by atoms with E-state index in [9.17, 15) is 0 Å². The molecule has 4 nitrogen and oxygen atoms in total. The van der Waals surface area contributed by atoms with Crippen molar-refractivity contribution in [3.05, 3.63) is 0 Å². The molecule has 0 amide bonds. The Morgan fingerprint density at radius 3 is 0.900 bits per heavy atom. The summed E-state index contributed by atoms with van der Waals surface area (Å²) >= 11 is 0. The van der Waals surface area contributed by atoms with E-state index in [1.165, 1.54) is 0 Å². The van der Waals surface area contributed by atoms with Gasteiger partial charge in [0.05, 0.1) is 31.8 Å². The van der Waals surface area contributed by atoms with Crippen LogP contribution in [0, 0.1) is 5.41 Å². The van der Waals surface area contributed by atoms with E-state index < -0.39 is 31.8 Å². The predicted octanol–water partition coefficient (Wildman–Crippen LogP) is -2.06. The fraction of sp³-hybridized carbons (Fsp3) is 1.00. The minimum absolute atomic E-state index is 0. The number of aliphatic hydroxyl groups excluding tert-OH is 4. The molecule has 0 aromatic carbocycles. The quantitative estimate of drug-likeness (QED) is 0.379. The van der Waals surface area contributed by atoms with Crippen molar-refractivity contribution in [2.75, 3.05) is 26.4 Å². The van der Waals surface area contributed by atoms with Crippen LogP contribution in [0.3, 0.4) is 0 Å². The van der Waals surface area contributed by atoms with Gasteiger partial charge in [-0.25, -0.2) is 0 Å². The van der Waals surface area contributed by atoms with Crippen molar-refractivity contribution in [2.45, 2.75) is 0 Å². The smallest absolute Gasteiger partial charge is 0.396 e. The number of rotatable bonds is 4. The summed E-state index contributed by atoms with van der Waals surface area (Å²) in [5.74, 6) is 0. The maximum atomic E-state index is 8.50. The molecule has 0 aliphatic carbocycles. The molecule has 0 aromatic heterocycles. The van der Waals surface area contributed by atoms with Crippen LogP contribution in [0.5, 0.6) is 0 Å². The van der Waals surface area contributed by atoms with Gasteiger partial charge in [-0.1, -0.05) is 0 Å². The van der Waals surface area contributed by atoms with E-state index in [2.05, 4.69) is 0 Å². The van der Waals surface area contributed by atoms with Crippen molar-refractivity contribution >= 4 is 0 Å². The molecule has 0 spiro atoms. The Balaban J connectivity index is 0. The van der Waals surface area contributed by atoms with Crippen molar-refractivity contribution in [1.82, 2.24) is 0 Å². The summed E-state index contributed by atoms with van der Waals surface area (Å²) in [5.41, 5.74) is -1.11. The summed E-state index contributed by atoms with van der Waals surface area (Å²) in [6.07, 6.45) is 0. The van der Waals surface area contributed by atoms with E-state index >= 15 is 0 Å². The van der Waals surface area contributed by atoms with Crippen molar-refractivity contribution in [3.8, 4) is 0 Å². The molecule has 0 bridgehead atoms. The van der Waals surface area contributed by atoms with Crippen molar-refractivity contribution in [2.24, 2.45) is 5.41 Å². The second kappa shape index (κ2) is 6.28. The topological polar surface area (TPSA) is 80.9 Å². The zero-order valence-corrected chi connectivity index (χ0v) is 7.18. The molecule has 0 atom stereocenters. The van der Waals surface area contributed by atoms with Crippen LogP contribution in [0.15, 0.2) is 0 Å². The predicted molar refractivity (Wildman–Crippen MR) is 30.8 cm³/mol. The van der Waals surface area contributed by atoms with E-state index in [-0.39, 0.29) is 21.7 Å². The van der Waals surface area contributed by atoms with Crippen molar-refractivity contribution < 1.29 is 42.1 Å². The van der Waals surface area contributed by atoms with E-state index in [1.807, 2.05) is 0 Å². The van der Waals surface area contributed by atoms with Gasteiger partial charge in [0.2, 0.25) is 0 Å². The van der Waals surface area contributed by atoms with Gasteiger partial charge in [-0.15, -0.1) is 0 Å². The SMILES string of the molecule is OCC(CO)(CO)CO.[Ti+2]. The van der Waals surface area contributed by atoms with Crippen molar-refractivity contribution in [1.29, 1.82) is 0 Å². The summed E-state index contributed by atoms with van der Waals surface area (Å²) in [6.45, 7) is -1.62. The van der Waals surface area contributed by atoms with Gasteiger partial charge in [-0.2, -0.15) is 0 Å². The number of hydrogen-bond acceptors (Lipinski definition) is 4. The van der Waals surface area contributed by atoms with Crippen LogP contribution in [-0.2, 0) is 21.7 Å². The second-order valence-corrected chi connectivity index (χ2v) is 2.13. The first-order chi connectivity index (χ1) is 4.24. The zero-order chi connectivity index (χ0) is 7.33. The first-order valence-corrected chi connectivity index (χ1v) is 2.68. The van der Waals surface area contributed by atoms with Gasteiger partial charge in [0.1, 0.15) is 0 Å². The average Bonchev–Trinajstić information content (AvgIpc) is 1.95. The van der Waals surface area contributed by atoms with Gasteiger partial charge >= 0.3 is 21.7 Å². The molecule has 0 unspecified atom stereocenters. The molecular formula is C5H12O4Ti+2. The van der Waals surface area contributed by atoms with Gasteiger partial charge in [-0.05, 0) is 0 Å². The normalized spacial score (nSPS) is 10.8. The van der Waals surface area contributed by atoms with Crippen LogP contribution in [0.4, 0.5) is 0 Å². The Bertz CT molecular complexity index is 56.5. The molecule has 0 fully saturated rings. The molecule has 0 aliphatic heterocycles. The largest absolute Gasteiger partial charge is 2.00 e. The Kier molecular flexibility index (Phi) is 8.26. The van der Waals surface area contributed by atoms with E-state index in [0.717, 1.165) is 0 Å². The Morgan fingerprint density at radius 2 is 0.900 bits per heavy atom. The molecule has 0 saturated carbocycles. The van der Waals surface area contributed by atoms with E-state index in [1.54, 1.807) is 0 Å². The van der Waals surface area contributed by atoms with Crippen LogP contribution in [0.25, 0.3) is 0 Å². The zero-order valence-electron chi connectivity index (χ0n) is 5.62. The minimum atomic E-state index is -1.11. The number of hydrogen-bond donors (Lipinski definition) is 4. The fourth-order valence-electron chi connectivity index (χ4n) is 0.300. The molecule has 0 rings (SSSR count). The third kappa shape index (κ3) is 3.10. The van der Waals surface area contributed by atoms with Crippen LogP contribution in [-0.4, -0.2) is 46.9 Å². The Labute approximate surface area is 74.4 Å². The van der Waals surface area contributed by atoms with E-state index in [4.69, 9.17) is 20.4 Å². The molecule has 4 N–H and O–H groups in total. The van der Waals surface area contributed by atoms with Crippen LogP contribution < -0.4 is 0 Å². The standard InChI is InChI=1S/C5H12O4.Ti/c6-1-5(2-7,3-8)4-9;/h6-9H,1-4H2;/q;+2. The molecule has 58 valence electrons. The van der Waals surface area contributed by atoms with Gasteiger partial charge in [0.15, 0.2) is 0 Å². The number of aliphatic hydroxyl groups is 4. The molecule has 0 aliphatic rings. The third-order valence-electron chi connectivity index (χ3n) is 1.34. The van der Waals surface area contributed by atoms with Crippen molar-refractivity contribution in [3.63, 3.8) is 0 Å². The average molecular weight is 184 g/mol. The first-order valence-electron chi connectivity index (χ1n) is 2.68. The molecule has 5 heteroatoms. The second-order valence-electron chi connectivity index (χ2n) is 2.13. The van der Waals surface area contributed by atoms with Crippen LogP contribution in [0.2, 0.25) is 0 Å². The van der Waals surface area contributed by atoms with Gasteiger partial charge in [0.25, 0.3) is 0 Å². The van der Waals surface area contributed by atoms with Crippen LogP contribution in [0.1, 0.15) is 0 Å². The first kappa shape index (κ1) is 13.2. The summed E-state index contributed by atoms with van der Waals surface area (Å²) in [6, 6.07) is 0. The maximum absolute atomic E-state index is 8.50. The van der Waals surface area contributed by atoms with Gasteiger partial charge in [0, 0.05) is 0 Å². The minimum Gasteiger partial charge on any atom is -0.396 e. The van der Waals surface area contributed by atoms with Gasteiger partial charge in [-0.3, -0.25) is 0 Å². The fourth-order valence-corrected chi connectivity index (χ4v) is 0.300. The summed E-state index contributed by atoms with van der Waals surface area (Å²) in [5, 5.41) is 34.0. The van der Waals surface area contributed by atoms with Crippen LogP contribution >= 0.6 is 0 Å². The monoisotopic (exact) mass is 184 g/mol. The van der Waals surface area contributed by atoms with Gasteiger partial charge < -0.3 is 20.4 Å². The Morgan fingerprint density at radius 1 is 0.700 bits per heavy atom. The summed E-state index contributed by atoms with van der Waals surface area (Å²) < 4.78 is 0. The summed E-state index contributed by atoms with van der Waals surface area (Å²) in [7, 11) is 0. The maximum Gasteiger partial charge on any atom is 2.00 e. The molecule has 10 heavy (non-hydrogen) atoms. The summed E-state index contributed by atoms with van der Waals surface area (Å²) in [4.78, 5) is 0. The third-order valence-corrected chi connectivity index (χ3v) is 1.34. The molecular weight excluding hydrogens is 172 g/mol. The Hall–Kier alpha value is 0.554.